The molecule has 2 heterocycles. The minimum absolute atomic E-state index is 0.0779. The largest absolute Gasteiger partial charge is 0.486 e. The van der Waals surface area contributed by atoms with Gasteiger partial charge in [0.2, 0.25) is 0 Å². The standard InChI is InChI=1S/C17H16N2O7/c20-15(19-11-3-4-12-14(8-11)25-7-6-24-12)10-26-16(21)9-18-17(22)13-2-1-5-23-13/h1-5,8H,6-7,9-10H2,(H,18,22)(H,19,20). The Kier molecular flexibility index (Phi) is 5.37. The van der Waals surface area contributed by atoms with E-state index in [0.717, 1.165) is 0 Å². The van der Waals surface area contributed by atoms with Gasteiger partial charge in [0.25, 0.3) is 11.8 Å². The molecule has 1 aromatic heterocycles. The molecular weight excluding hydrogens is 344 g/mol. The van der Waals surface area contributed by atoms with Crippen molar-refractivity contribution in [3.05, 3.63) is 42.4 Å². The van der Waals surface area contributed by atoms with Crippen LogP contribution in [0, 0.1) is 0 Å². The third-order valence-corrected chi connectivity index (χ3v) is 3.33. The van der Waals surface area contributed by atoms with Crippen molar-refractivity contribution >= 4 is 23.5 Å². The Hall–Kier alpha value is -3.49. The Morgan fingerprint density at radius 3 is 2.65 bits per heavy atom. The normalized spacial score (nSPS) is 12.2. The maximum Gasteiger partial charge on any atom is 0.325 e. The number of hydrogen-bond acceptors (Lipinski definition) is 7. The van der Waals surface area contributed by atoms with Crippen molar-refractivity contribution in [2.45, 2.75) is 0 Å². The molecule has 2 N–H and O–H groups in total. The maximum absolute atomic E-state index is 11.8. The Bertz CT molecular complexity index is 801. The van der Waals surface area contributed by atoms with Crippen LogP contribution in [0.4, 0.5) is 5.69 Å². The van der Waals surface area contributed by atoms with Gasteiger partial charge in [-0.1, -0.05) is 0 Å². The Balaban J connectivity index is 1.41. The summed E-state index contributed by atoms with van der Waals surface area (Å²) in [5.41, 5.74) is 0.487. The van der Waals surface area contributed by atoms with Crippen LogP contribution in [-0.2, 0) is 14.3 Å². The first-order chi connectivity index (χ1) is 12.6. The second-order valence-electron chi connectivity index (χ2n) is 5.23. The van der Waals surface area contributed by atoms with E-state index in [2.05, 4.69) is 10.6 Å². The predicted octanol–water partition coefficient (Wildman–Crippen LogP) is 0.962. The number of nitrogens with one attached hydrogen (secondary N) is 2. The highest BCUT2D eigenvalue weighted by atomic mass is 16.6. The summed E-state index contributed by atoms with van der Waals surface area (Å²) in [7, 11) is 0. The molecule has 0 aliphatic carbocycles. The molecule has 0 bridgehead atoms. The number of hydrogen-bond donors (Lipinski definition) is 2. The van der Waals surface area contributed by atoms with Crippen LogP contribution in [0.25, 0.3) is 0 Å². The molecule has 0 saturated heterocycles. The van der Waals surface area contributed by atoms with Gasteiger partial charge in [0, 0.05) is 11.8 Å². The molecule has 3 rings (SSSR count). The average Bonchev–Trinajstić information content (AvgIpc) is 3.19. The van der Waals surface area contributed by atoms with Crippen molar-refractivity contribution in [1.82, 2.24) is 5.32 Å². The third-order valence-electron chi connectivity index (χ3n) is 3.33. The summed E-state index contributed by atoms with van der Waals surface area (Å²) in [5, 5.41) is 4.90. The highest BCUT2D eigenvalue weighted by molar-refractivity contribution is 5.95. The van der Waals surface area contributed by atoms with E-state index in [1.54, 1.807) is 24.3 Å². The first kappa shape index (κ1) is 17.3. The van der Waals surface area contributed by atoms with E-state index >= 15 is 0 Å². The fourth-order valence-corrected chi connectivity index (χ4v) is 2.16. The summed E-state index contributed by atoms with van der Waals surface area (Å²) in [6.45, 7) is 0.0532. The summed E-state index contributed by atoms with van der Waals surface area (Å²) in [6, 6.07) is 7.96. The van der Waals surface area contributed by atoms with Gasteiger partial charge < -0.3 is 29.3 Å². The molecule has 1 aliphatic heterocycles. The number of rotatable bonds is 6. The molecule has 0 radical (unpaired) electrons. The van der Waals surface area contributed by atoms with Crippen LogP contribution in [0.2, 0.25) is 0 Å². The van der Waals surface area contributed by atoms with Gasteiger partial charge in [-0.3, -0.25) is 14.4 Å². The summed E-state index contributed by atoms with van der Waals surface area (Å²) in [5.74, 6) is -0.601. The molecule has 0 unspecified atom stereocenters. The van der Waals surface area contributed by atoms with Crippen molar-refractivity contribution < 1.29 is 33.0 Å². The number of ether oxygens (including phenoxy) is 3. The van der Waals surface area contributed by atoms with E-state index in [4.69, 9.17) is 18.6 Å². The molecule has 9 nitrogen and oxygen atoms in total. The summed E-state index contributed by atoms with van der Waals surface area (Å²) >= 11 is 0. The lowest BCUT2D eigenvalue weighted by Crippen LogP contribution is -2.32. The average molecular weight is 360 g/mol. The van der Waals surface area contributed by atoms with Gasteiger partial charge in [-0.05, 0) is 24.3 Å². The van der Waals surface area contributed by atoms with E-state index in [1.807, 2.05) is 0 Å². The van der Waals surface area contributed by atoms with Crippen molar-refractivity contribution in [3.63, 3.8) is 0 Å². The Morgan fingerprint density at radius 1 is 1.08 bits per heavy atom. The lowest BCUT2D eigenvalue weighted by atomic mass is 10.2. The van der Waals surface area contributed by atoms with Crippen LogP contribution in [0.15, 0.2) is 41.0 Å². The topological polar surface area (TPSA) is 116 Å². The first-order valence-electron chi connectivity index (χ1n) is 7.78. The zero-order valence-corrected chi connectivity index (χ0v) is 13.7. The van der Waals surface area contributed by atoms with Gasteiger partial charge in [0.1, 0.15) is 19.8 Å². The summed E-state index contributed by atoms with van der Waals surface area (Å²) < 4.78 is 20.5. The number of fused-ring (bicyclic) bond motifs is 1. The summed E-state index contributed by atoms with van der Waals surface area (Å²) in [4.78, 5) is 35.0. The van der Waals surface area contributed by atoms with E-state index < -0.39 is 24.4 Å². The van der Waals surface area contributed by atoms with Crippen LogP contribution in [0.3, 0.4) is 0 Å². The molecular formula is C17H16N2O7. The maximum atomic E-state index is 11.8. The van der Waals surface area contributed by atoms with Gasteiger partial charge in [-0.25, -0.2) is 0 Å². The lowest BCUT2D eigenvalue weighted by Gasteiger charge is -2.19. The first-order valence-corrected chi connectivity index (χ1v) is 7.78. The van der Waals surface area contributed by atoms with Crippen LogP contribution in [0.5, 0.6) is 11.5 Å². The van der Waals surface area contributed by atoms with Crippen LogP contribution in [0.1, 0.15) is 10.6 Å². The molecule has 0 saturated carbocycles. The van der Waals surface area contributed by atoms with Crippen LogP contribution >= 0.6 is 0 Å². The van der Waals surface area contributed by atoms with Gasteiger partial charge >= 0.3 is 5.97 Å². The van der Waals surface area contributed by atoms with Crippen LogP contribution < -0.4 is 20.1 Å². The number of benzene rings is 1. The van der Waals surface area contributed by atoms with E-state index in [1.165, 1.54) is 12.3 Å². The fourth-order valence-electron chi connectivity index (χ4n) is 2.16. The number of carbonyl (C=O) groups is 3. The van der Waals surface area contributed by atoms with Gasteiger partial charge in [0.15, 0.2) is 23.9 Å². The fraction of sp³-hybridized carbons (Fsp3) is 0.235. The summed E-state index contributed by atoms with van der Waals surface area (Å²) in [6.07, 6.45) is 1.34. The third kappa shape index (κ3) is 4.53. The van der Waals surface area contributed by atoms with Gasteiger partial charge in [-0.15, -0.1) is 0 Å². The van der Waals surface area contributed by atoms with Gasteiger partial charge in [-0.2, -0.15) is 0 Å². The highest BCUT2D eigenvalue weighted by Gasteiger charge is 2.14. The Morgan fingerprint density at radius 2 is 1.88 bits per heavy atom. The van der Waals surface area contributed by atoms with Crippen molar-refractivity contribution in [3.8, 4) is 11.5 Å². The lowest BCUT2D eigenvalue weighted by molar-refractivity contribution is -0.146. The van der Waals surface area contributed by atoms with E-state index in [-0.39, 0.29) is 12.3 Å². The zero-order valence-electron chi connectivity index (χ0n) is 13.7. The molecule has 2 aromatic rings. The van der Waals surface area contributed by atoms with Gasteiger partial charge in [0.05, 0.1) is 6.26 Å². The van der Waals surface area contributed by atoms with Crippen LogP contribution in [-0.4, -0.2) is 44.1 Å². The highest BCUT2D eigenvalue weighted by Crippen LogP contribution is 2.32. The van der Waals surface area contributed by atoms with Crippen molar-refractivity contribution in [1.29, 1.82) is 0 Å². The smallest absolute Gasteiger partial charge is 0.325 e. The molecule has 0 fully saturated rings. The molecule has 26 heavy (non-hydrogen) atoms. The second kappa shape index (κ2) is 8.06. The minimum Gasteiger partial charge on any atom is -0.486 e. The molecule has 0 spiro atoms. The molecule has 0 atom stereocenters. The number of esters is 1. The SMILES string of the molecule is O=C(COC(=O)CNC(=O)c1ccco1)Nc1ccc2c(c1)OCCO2. The number of amides is 2. The molecule has 136 valence electrons. The van der Waals surface area contributed by atoms with Crippen molar-refractivity contribution in [2.75, 3.05) is 31.7 Å². The predicted molar refractivity (Wildman–Crippen MR) is 88.1 cm³/mol. The number of furan rings is 1. The second-order valence-corrected chi connectivity index (χ2v) is 5.23. The van der Waals surface area contributed by atoms with E-state index in [9.17, 15) is 14.4 Å². The molecule has 2 amide bonds. The van der Waals surface area contributed by atoms with E-state index in [0.29, 0.717) is 30.4 Å². The monoisotopic (exact) mass is 360 g/mol. The Labute approximate surface area is 148 Å². The number of anilines is 1. The van der Waals surface area contributed by atoms with Crippen molar-refractivity contribution in [2.24, 2.45) is 0 Å². The minimum atomic E-state index is -0.748. The zero-order chi connectivity index (χ0) is 18.4. The molecule has 1 aromatic carbocycles. The quantitative estimate of drug-likeness (QED) is 0.737. The number of carbonyl (C=O) groups excluding carboxylic acids is 3. The molecule has 1 aliphatic rings. The molecule has 9 heteroatoms.